The minimum atomic E-state index is -1.18. The Labute approximate surface area is 242 Å². The van der Waals surface area contributed by atoms with Gasteiger partial charge in [-0.25, -0.2) is 4.98 Å². The maximum Gasteiger partial charge on any atom is 0.307 e. The average Bonchev–Trinajstić information content (AvgIpc) is 3.46. The predicted octanol–water partition coefficient (Wildman–Crippen LogP) is -1.39. The van der Waals surface area contributed by atoms with Crippen LogP contribution in [0.3, 0.4) is 0 Å². The van der Waals surface area contributed by atoms with Crippen LogP contribution in [-0.2, 0) is 36.8 Å². The van der Waals surface area contributed by atoms with Gasteiger partial charge in [0.25, 0.3) is 5.91 Å². The van der Waals surface area contributed by atoms with Gasteiger partial charge in [-0.3, -0.25) is 29.0 Å². The third-order valence-electron chi connectivity index (χ3n) is 6.03. The summed E-state index contributed by atoms with van der Waals surface area (Å²) in [6.07, 6.45) is 4.14. The lowest BCUT2D eigenvalue weighted by molar-refractivity contribution is -0.136. The van der Waals surface area contributed by atoms with Gasteiger partial charge in [-0.1, -0.05) is 30.3 Å². The summed E-state index contributed by atoms with van der Waals surface area (Å²) in [5, 5.41) is 16.7. The molecule has 1 aromatic carbocycles. The molecule has 0 fully saturated rings. The number of carbonyl (C=O) groups is 5. The highest BCUT2D eigenvalue weighted by Gasteiger charge is 2.29. The number of rotatable bonds is 17. The summed E-state index contributed by atoms with van der Waals surface area (Å²) >= 11 is 0. The van der Waals surface area contributed by atoms with Crippen molar-refractivity contribution in [1.82, 2.24) is 25.9 Å². The Morgan fingerprint density at radius 1 is 0.976 bits per heavy atom. The van der Waals surface area contributed by atoms with Crippen LogP contribution in [0.1, 0.15) is 37.4 Å². The van der Waals surface area contributed by atoms with Crippen LogP contribution in [-0.4, -0.2) is 75.2 Å². The van der Waals surface area contributed by atoms with Crippen molar-refractivity contribution in [3.05, 3.63) is 65.9 Å². The van der Waals surface area contributed by atoms with E-state index in [-0.39, 0.29) is 43.2 Å². The molecule has 226 valence electrons. The van der Waals surface area contributed by atoms with Crippen molar-refractivity contribution in [2.24, 2.45) is 22.2 Å². The van der Waals surface area contributed by atoms with E-state index in [1.807, 2.05) is 0 Å². The highest BCUT2D eigenvalue weighted by Crippen LogP contribution is 2.08. The van der Waals surface area contributed by atoms with E-state index >= 15 is 0 Å². The Morgan fingerprint density at radius 3 is 2.24 bits per heavy atom. The fourth-order valence-corrected chi connectivity index (χ4v) is 3.82. The van der Waals surface area contributed by atoms with Crippen LogP contribution in [0.2, 0.25) is 0 Å². The van der Waals surface area contributed by atoms with Gasteiger partial charge in [0.05, 0.1) is 24.5 Å². The summed E-state index contributed by atoms with van der Waals surface area (Å²) in [5.41, 5.74) is 17.4. The number of guanidine groups is 1. The van der Waals surface area contributed by atoms with Gasteiger partial charge >= 0.3 is 5.97 Å². The Morgan fingerprint density at radius 2 is 1.64 bits per heavy atom. The van der Waals surface area contributed by atoms with Gasteiger partial charge in [-0.2, -0.15) is 0 Å². The molecule has 15 heteroatoms. The zero-order chi connectivity index (χ0) is 31.1. The molecule has 1 heterocycles. The van der Waals surface area contributed by atoms with Crippen molar-refractivity contribution >= 4 is 35.4 Å². The monoisotopic (exact) mass is 583 g/mol. The van der Waals surface area contributed by atoms with Crippen molar-refractivity contribution in [3.63, 3.8) is 0 Å². The lowest BCUT2D eigenvalue weighted by Gasteiger charge is -2.25. The van der Waals surface area contributed by atoms with Gasteiger partial charge in [-0.05, 0) is 31.4 Å². The molecule has 42 heavy (non-hydrogen) atoms. The average molecular weight is 584 g/mol. The first kappa shape index (κ1) is 33.0. The van der Waals surface area contributed by atoms with Gasteiger partial charge in [0, 0.05) is 31.3 Å². The number of H-pyrrole nitrogens is 1. The highest BCUT2D eigenvalue weighted by atomic mass is 16.4. The first-order valence-electron chi connectivity index (χ1n) is 13.1. The number of nitrogens with two attached hydrogens (primary N) is 3. The molecule has 3 atom stereocenters. The number of carbonyl (C=O) groups excluding carboxylic acids is 4. The van der Waals surface area contributed by atoms with Crippen molar-refractivity contribution in [2.75, 3.05) is 6.54 Å². The predicted molar refractivity (Wildman–Crippen MR) is 153 cm³/mol. The lowest BCUT2D eigenvalue weighted by atomic mass is 10.0. The van der Waals surface area contributed by atoms with E-state index in [1.54, 1.807) is 30.3 Å². The van der Waals surface area contributed by atoms with Crippen LogP contribution < -0.4 is 33.2 Å². The second-order valence-electron chi connectivity index (χ2n) is 9.44. The molecule has 0 aliphatic carbocycles. The van der Waals surface area contributed by atoms with Crippen molar-refractivity contribution in [3.8, 4) is 0 Å². The molecule has 0 saturated heterocycles. The van der Waals surface area contributed by atoms with Gasteiger partial charge in [0.15, 0.2) is 11.7 Å². The van der Waals surface area contributed by atoms with E-state index in [2.05, 4.69) is 30.9 Å². The molecule has 0 aliphatic rings. The third-order valence-corrected chi connectivity index (χ3v) is 6.03. The number of aromatic amines is 1. The number of aromatic nitrogens is 2. The zero-order valence-electron chi connectivity index (χ0n) is 23.2. The smallest absolute Gasteiger partial charge is 0.307 e. The van der Waals surface area contributed by atoms with Crippen molar-refractivity contribution < 1.29 is 29.1 Å². The number of nitrogens with one attached hydrogen (secondary N) is 4. The van der Waals surface area contributed by atoms with Crippen LogP contribution >= 0.6 is 0 Å². The molecule has 2 rings (SSSR count). The minimum absolute atomic E-state index is 0.0445. The number of Topliss-reactive ketones (excluding diaryl/α,β-unsaturated/α-hetero) is 1. The van der Waals surface area contributed by atoms with Crippen molar-refractivity contribution in [1.29, 1.82) is 0 Å². The summed E-state index contributed by atoms with van der Waals surface area (Å²) < 4.78 is 0. The number of aliphatic imine (C=N–C) groups is 1. The number of carboxylic acid groups (broad SMARTS) is 1. The lowest BCUT2D eigenvalue weighted by Crippen LogP contribution is -2.56. The second-order valence-corrected chi connectivity index (χ2v) is 9.44. The first-order chi connectivity index (χ1) is 20.0. The van der Waals surface area contributed by atoms with Crippen LogP contribution in [0.15, 0.2) is 59.6 Å². The van der Waals surface area contributed by atoms with E-state index in [1.165, 1.54) is 19.4 Å². The molecule has 15 nitrogen and oxygen atoms in total. The second kappa shape index (κ2) is 16.8. The number of nitrogens with zero attached hydrogens (tertiary/aromatic N) is 2. The summed E-state index contributed by atoms with van der Waals surface area (Å²) in [5.74, 6) is -3.80. The fourth-order valence-electron chi connectivity index (χ4n) is 3.82. The molecule has 0 spiro atoms. The number of hydrogen-bond acceptors (Lipinski definition) is 8. The number of imidazole rings is 1. The summed E-state index contributed by atoms with van der Waals surface area (Å²) in [6.45, 7) is 1.52. The van der Waals surface area contributed by atoms with Crippen LogP contribution in [0, 0.1) is 0 Å². The molecule has 11 N–H and O–H groups in total. The van der Waals surface area contributed by atoms with Crippen molar-refractivity contribution in [2.45, 2.75) is 57.2 Å². The number of ketones is 1. The normalized spacial score (nSPS) is 13.2. The largest absolute Gasteiger partial charge is 0.481 e. The number of hydrogen-bond donors (Lipinski definition) is 8. The Kier molecular flexibility index (Phi) is 13.2. The van der Waals surface area contributed by atoms with E-state index in [0.29, 0.717) is 17.7 Å². The van der Waals surface area contributed by atoms with Crippen LogP contribution in [0.5, 0.6) is 0 Å². The van der Waals surface area contributed by atoms with E-state index in [0.717, 1.165) is 6.08 Å². The van der Waals surface area contributed by atoms with Crippen LogP contribution in [0.4, 0.5) is 0 Å². The summed E-state index contributed by atoms with van der Waals surface area (Å²) in [7, 11) is 0. The topological polar surface area (TPSA) is 261 Å². The molecule has 1 unspecified atom stereocenters. The quantitative estimate of drug-likeness (QED) is 0.0468. The SMILES string of the molecule is CC(=O)[C@H](Cc1cnc[nH]1)NC(=O)C(CCCN=C(N)N)NC(=O)[C@H](Cc1ccccc1)NC(=O)/C(N)=C\CC(=O)O. The molecule has 0 aliphatic heterocycles. The molecule has 0 radical (unpaired) electrons. The molecule has 2 aromatic rings. The molecule has 1 aromatic heterocycles. The molecular formula is C27H37N9O6. The molecule has 3 amide bonds. The number of benzene rings is 1. The Balaban J connectivity index is 2.26. The van der Waals surface area contributed by atoms with E-state index in [4.69, 9.17) is 22.3 Å². The maximum atomic E-state index is 13.5. The third kappa shape index (κ3) is 11.9. The Bertz CT molecular complexity index is 1270. The van der Waals surface area contributed by atoms with Gasteiger partial charge in [0.2, 0.25) is 11.8 Å². The van der Waals surface area contributed by atoms with Gasteiger partial charge < -0.3 is 43.2 Å². The number of carboxylic acids is 1. The fraction of sp³-hybridized carbons (Fsp3) is 0.370. The van der Waals surface area contributed by atoms with E-state index in [9.17, 15) is 24.0 Å². The Hall–Kier alpha value is -5.21. The summed E-state index contributed by atoms with van der Waals surface area (Å²) in [4.78, 5) is 73.4. The maximum absolute atomic E-state index is 13.5. The first-order valence-corrected chi connectivity index (χ1v) is 13.1. The van der Waals surface area contributed by atoms with Gasteiger partial charge in [-0.15, -0.1) is 0 Å². The summed E-state index contributed by atoms with van der Waals surface area (Å²) in [6, 6.07) is 5.61. The van der Waals surface area contributed by atoms with Gasteiger partial charge in [0.1, 0.15) is 12.1 Å². The standard InChI is InChI=1S/C27H37N9O6/c1-16(37)21(13-18-14-31-15-33-18)35-25(41)20(8-5-11-32-27(29)30)34-26(42)22(12-17-6-3-2-4-7-17)36-24(40)19(28)9-10-23(38)39/h2-4,6-7,9,14-15,20-22H,5,8,10-13,28H2,1H3,(H,31,33)(H,34,42)(H,35,41)(H,36,40)(H,38,39)(H4,29,30,32)/b19-9+/t20?,21-,22-/m0/s1. The minimum Gasteiger partial charge on any atom is -0.481 e. The van der Waals surface area contributed by atoms with Crippen LogP contribution in [0.25, 0.3) is 0 Å². The molecule has 0 saturated carbocycles. The molecular weight excluding hydrogens is 546 g/mol. The number of aliphatic carboxylic acids is 1. The highest BCUT2D eigenvalue weighted by molar-refractivity contribution is 5.98. The van der Waals surface area contributed by atoms with E-state index < -0.39 is 48.2 Å². The zero-order valence-corrected chi connectivity index (χ0v) is 23.2. The number of amides is 3. The molecule has 0 bridgehead atoms.